The van der Waals surface area contributed by atoms with Crippen molar-refractivity contribution in [3.63, 3.8) is 0 Å². The summed E-state index contributed by atoms with van der Waals surface area (Å²) in [6.45, 7) is 2.01. The van der Waals surface area contributed by atoms with E-state index in [0.29, 0.717) is 18.5 Å². The maximum atomic E-state index is 11.0. The van der Waals surface area contributed by atoms with Crippen LogP contribution in [0.15, 0.2) is 6.20 Å². The van der Waals surface area contributed by atoms with Gasteiger partial charge in [-0.25, -0.2) is 4.79 Å². The summed E-state index contributed by atoms with van der Waals surface area (Å²) in [5, 5.41) is 15.5. The van der Waals surface area contributed by atoms with Crippen LogP contribution < -0.4 is 0 Å². The molecule has 0 unspecified atom stereocenters. The number of rotatable bonds is 7. The third kappa shape index (κ3) is 3.04. The SMILES string of the molecule is CCCC(Cc1n[nH]cc1C(=O)O)(OC)OC. The van der Waals surface area contributed by atoms with Crippen molar-refractivity contribution in [3.05, 3.63) is 17.5 Å². The summed E-state index contributed by atoms with van der Waals surface area (Å²) in [5.74, 6) is -1.82. The van der Waals surface area contributed by atoms with Crippen LogP contribution in [0.2, 0.25) is 0 Å². The molecule has 0 aliphatic heterocycles. The zero-order chi connectivity index (χ0) is 12.9. The molecule has 1 aromatic rings. The lowest BCUT2D eigenvalue weighted by Gasteiger charge is -2.30. The number of aromatic amines is 1. The molecule has 0 saturated heterocycles. The number of nitrogens with zero attached hydrogens (tertiary/aromatic N) is 1. The Labute approximate surface area is 99.9 Å². The Morgan fingerprint density at radius 1 is 1.53 bits per heavy atom. The summed E-state index contributed by atoms with van der Waals surface area (Å²) < 4.78 is 10.7. The molecule has 1 rings (SSSR count). The number of carbonyl (C=O) groups is 1. The zero-order valence-corrected chi connectivity index (χ0v) is 10.3. The number of hydrogen-bond donors (Lipinski definition) is 2. The molecule has 0 atom stereocenters. The van der Waals surface area contributed by atoms with Crippen molar-refractivity contribution in [2.45, 2.75) is 32.0 Å². The first-order chi connectivity index (χ1) is 8.08. The van der Waals surface area contributed by atoms with E-state index < -0.39 is 11.8 Å². The van der Waals surface area contributed by atoms with Crippen molar-refractivity contribution >= 4 is 5.97 Å². The van der Waals surface area contributed by atoms with Crippen LogP contribution in [0.4, 0.5) is 0 Å². The molecular weight excluding hydrogens is 224 g/mol. The number of hydrogen-bond acceptors (Lipinski definition) is 4. The van der Waals surface area contributed by atoms with Gasteiger partial charge in [-0.3, -0.25) is 5.10 Å². The van der Waals surface area contributed by atoms with Crippen LogP contribution in [0, 0.1) is 0 Å². The highest BCUT2D eigenvalue weighted by molar-refractivity contribution is 5.88. The van der Waals surface area contributed by atoms with Gasteiger partial charge < -0.3 is 14.6 Å². The minimum atomic E-state index is -1.01. The highest BCUT2D eigenvalue weighted by Gasteiger charge is 2.31. The monoisotopic (exact) mass is 242 g/mol. The van der Waals surface area contributed by atoms with Crippen molar-refractivity contribution in [1.82, 2.24) is 10.2 Å². The van der Waals surface area contributed by atoms with Crippen LogP contribution in [0.3, 0.4) is 0 Å². The molecule has 0 saturated carbocycles. The molecule has 6 nitrogen and oxygen atoms in total. The summed E-state index contributed by atoms with van der Waals surface area (Å²) in [7, 11) is 3.10. The van der Waals surface area contributed by atoms with Crippen molar-refractivity contribution in [2.75, 3.05) is 14.2 Å². The molecule has 6 heteroatoms. The lowest BCUT2D eigenvalue weighted by molar-refractivity contribution is -0.210. The van der Waals surface area contributed by atoms with Gasteiger partial charge in [0.15, 0.2) is 5.79 Å². The zero-order valence-electron chi connectivity index (χ0n) is 10.3. The van der Waals surface area contributed by atoms with Gasteiger partial charge in [-0.15, -0.1) is 0 Å². The number of aromatic carboxylic acids is 1. The highest BCUT2D eigenvalue weighted by atomic mass is 16.7. The first-order valence-corrected chi connectivity index (χ1v) is 5.44. The smallest absolute Gasteiger partial charge is 0.339 e. The Morgan fingerprint density at radius 3 is 2.65 bits per heavy atom. The molecule has 0 fully saturated rings. The van der Waals surface area contributed by atoms with Crippen molar-refractivity contribution < 1.29 is 19.4 Å². The van der Waals surface area contributed by atoms with Crippen LogP contribution in [0.1, 0.15) is 35.8 Å². The number of nitrogens with one attached hydrogen (secondary N) is 1. The third-order valence-corrected chi connectivity index (χ3v) is 2.76. The Bertz CT molecular complexity index is 371. The quantitative estimate of drug-likeness (QED) is 0.707. The van der Waals surface area contributed by atoms with E-state index in [0.717, 1.165) is 6.42 Å². The summed E-state index contributed by atoms with van der Waals surface area (Å²) in [4.78, 5) is 11.0. The van der Waals surface area contributed by atoms with Gasteiger partial charge in [0.25, 0.3) is 0 Å². The minimum Gasteiger partial charge on any atom is -0.478 e. The third-order valence-electron chi connectivity index (χ3n) is 2.76. The van der Waals surface area contributed by atoms with Crippen LogP contribution in [0.5, 0.6) is 0 Å². The van der Waals surface area contributed by atoms with E-state index in [1.807, 2.05) is 6.92 Å². The second-order valence-electron chi connectivity index (χ2n) is 3.80. The lowest BCUT2D eigenvalue weighted by Crippen LogP contribution is -2.36. The van der Waals surface area contributed by atoms with Gasteiger partial charge >= 0.3 is 5.97 Å². The van der Waals surface area contributed by atoms with E-state index in [1.54, 1.807) is 14.2 Å². The van der Waals surface area contributed by atoms with Crippen LogP contribution in [-0.4, -0.2) is 41.3 Å². The summed E-state index contributed by atoms with van der Waals surface area (Å²) in [6, 6.07) is 0. The van der Waals surface area contributed by atoms with Crippen LogP contribution >= 0.6 is 0 Å². The van der Waals surface area contributed by atoms with Gasteiger partial charge in [0.05, 0.1) is 5.69 Å². The fourth-order valence-corrected chi connectivity index (χ4v) is 1.79. The van der Waals surface area contributed by atoms with Gasteiger partial charge in [-0.2, -0.15) is 5.10 Å². The Hall–Kier alpha value is -1.40. The van der Waals surface area contributed by atoms with Crippen molar-refractivity contribution in [3.8, 4) is 0 Å². The van der Waals surface area contributed by atoms with E-state index in [4.69, 9.17) is 14.6 Å². The minimum absolute atomic E-state index is 0.152. The van der Waals surface area contributed by atoms with E-state index in [9.17, 15) is 4.79 Å². The molecule has 0 radical (unpaired) electrons. The number of ether oxygens (including phenoxy) is 2. The maximum absolute atomic E-state index is 11.0. The van der Waals surface area contributed by atoms with Crippen molar-refractivity contribution in [1.29, 1.82) is 0 Å². The van der Waals surface area contributed by atoms with Gasteiger partial charge in [0.1, 0.15) is 5.56 Å². The van der Waals surface area contributed by atoms with E-state index in [-0.39, 0.29) is 5.56 Å². The Kier molecular flexibility index (Phi) is 4.65. The number of aromatic nitrogens is 2. The van der Waals surface area contributed by atoms with Gasteiger partial charge in [-0.05, 0) is 0 Å². The maximum Gasteiger partial charge on any atom is 0.339 e. The van der Waals surface area contributed by atoms with E-state index in [2.05, 4.69) is 10.2 Å². The molecule has 0 aliphatic rings. The fraction of sp³-hybridized carbons (Fsp3) is 0.636. The van der Waals surface area contributed by atoms with Crippen LogP contribution in [0.25, 0.3) is 0 Å². The number of H-pyrrole nitrogens is 1. The van der Waals surface area contributed by atoms with Crippen LogP contribution in [-0.2, 0) is 15.9 Å². The average Bonchev–Trinajstić information content (AvgIpc) is 2.76. The average molecular weight is 242 g/mol. The number of carboxylic acid groups (broad SMARTS) is 1. The summed E-state index contributed by atoms with van der Waals surface area (Å²) in [6.07, 6.45) is 3.21. The molecule has 1 aromatic heterocycles. The van der Waals surface area contributed by atoms with Crippen molar-refractivity contribution in [2.24, 2.45) is 0 Å². The Balaban J connectivity index is 2.93. The van der Waals surface area contributed by atoms with E-state index >= 15 is 0 Å². The predicted octanol–water partition coefficient (Wildman–Crippen LogP) is 1.44. The van der Waals surface area contributed by atoms with E-state index in [1.165, 1.54) is 6.20 Å². The summed E-state index contributed by atoms with van der Waals surface area (Å²) in [5.41, 5.74) is 0.592. The topological polar surface area (TPSA) is 84.4 Å². The molecule has 0 aromatic carbocycles. The fourth-order valence-electron chi connectivity index (χ4n) is 1.79. The molecule has 0 aliphatic carbocycles. The molecule has 2 N–H and O–H groups in total. The molecule has 0 spiro atoms. The summed E-state index contributed by atoms with van der Waals surface area (Å²) >= 11 is 0. The lowest BCUT2D eigenvalue weighted by atomic mass is 10.0. The standard InChI is InChI=1S/C11H18N2O4/c1-4-5-11(16-2,17-3)6-9-8(10(14)15)7-12-13-9/h7H,4-6H2,1-3H3,(H,12,13)(H,14,15). The first-order valence-electron chi connectivity index (χ1n) is 5.44. The second kappa shape index (κ2) is 5.79. The molecule has 96 valence electrons. The Morgan fingerprint density at radius 2 is 2.18 bits per heavy atom. The molecule has 0 bridgehead atoms. The number of methoxy groups -OCH3 is 2. The van der Waals surface area contributed by atoms with Gasteiger partial charge in [-0.1, -0.05) is 13.3 Å². The first kappa shape index (κ1) is 13.7. The van der Waals surface area contributed by atoms with Gasteiger partial charge in [0.2, 0.25) is 0 Å². The molecular formula is C11H18N2O4. The molecule has 0 amide bonds. The second-order valence-corrected chi connectivity index (χ2v) is 3.80. The molecule has 17 heavy (non-hydrogen) atoms. The largest absolute Gasteiger partial charge is 0.478 e. The molecule has 1 heterocycles. The normalized spacial score (nSPS) is 11.7. The van der Waals surface area contributed by atoms with Gasteiger partial charge in [0, 0.05) is 33.3 Å². The predicted molar refractivity (Wildman–Crippen MR) is 60.9 cm³/mol. The number of carboxylic acids is 1. The highest BCUT2D eigenvalue weighted by Crippen LogP contribution is 2.24.